The van der Waals surface area contributed by atoms with Crippen LogP contribution in [0.5, 0.6) is 5.75 Å². The lowest BCUT2D eigenvalue weighted by molar-refractivity contribution is 0.0785. The number of hydrogen-bond donors (Lipinski definition) is 1. The van der Waals surface area contributed by atoms with Crippen LogP contribution >= 0.6 is 0 Å². The molecule has 140 valence electrons. The minimum atomic E-state index is -3.60. The minimum absolute atomic E-state index is 0.0830. The fourth-order valence-corrected chi connectivity index (χ4v) is 3.58. The average Bonchev–Trinajstić information content (AvgIpc) is 2.63. The Morgan fingerprint density at radius 1 is 1.12 bits per heavy atom. The summed E-state index contributed by atoms with van der Waals surface area (Å²) >= 11 is 0. The maximum atomic E-state index is 12.6. The topological polar surface area (TPSA) is 75.7 Å². The first kappa shape index (κ1) is 19.9. The molecular formula is C19H24N2O4S. The SMILES string of the molecule is CCNS(=O)(=O)c1cccc(C(=O)N(C)Cc2ccc(OCC)cc2)c1. The van der Waals surface area contributed by atoms with Gasteiger partial charge in [0.2, 0.25) is 10.0 Å². The highest BCUT2D eigenvalue weighted by molar-refractivity contribution is 7.89. The number of hydrogen-bond acceptors (Lipinski definition) is 4. The minimum Gasteiger partial charge on any atom is -0.494 e. The van der Waals surface area contributed by atoms with Gasteiger partial charge in [-0.3, -0.25) is 4.79 Å². The van der Waals surface area contributed by atoms with Gasteiger partial charge in [-0.25, -0.2) is 13.1 Å². The van der Waals surface area contributed by atoms with Crippen molar-refractivity contribution in [2.45, 2.75) is 25.3 Å². The van der Waals surface area contributed by atoms with Crippen molar-refractivity contribution in [2.75, 3.05) is 20.2 Å². The van der Waals surface area contributed by atoms with Crippen molar-refractivity contribution in [3.8, 4) is 5.75 Å². The molecule has 2 aromatic carbocycles. The summed E-state index contributed by atoms with van der Waals surface area (Å²) in [6, 6.07) is 13.6. The molecular weight excluding hydrogens is 352 g/mol. The van der Waals surface area contributed by atoms with Crippen molar-refractivity contribution in [1.29, 1.82) is 0 Å². The lowest BCUT2D eigenvalue weighted by Gasteiger charge is -2.18. The van der Waals surface area contributed by atoms with E-state index in [1.165, 1.54) is 12.1 Å². The van der Waals surface area contributed by atoms with Gasteiger partial charge in [0.25, 0.3) is 5.91 Å². The van der Waals surface area contributed by atoms with Crippen molar-refractivity contribution in [3.05, 3.63) is 59.7 Å². The van der Waals surface area contributed by atoms with Crippen LogP contribution in [-0.2, 0) is 16.6 Å². The summed E-state index contributed by atoms with van der Waals surface area (Å²) in [6.07, 6.45) is 0. The smallest absolute Gasteiger partial charge is 0.253 e. The zero-order chi connectivity index (χ0) is 19.2. The van der Waals surface area contributed by atoms with Crippen LogP contribution in [0.2, 0.25) is 0 Å². The highest BCUT2D eigenvalue weighted by Gasteiger charge is 2.17. The fourth-order valence-electron chi connectivity index (χ4n) is 2.49. The quantitative estimate of drug-likeness (QED) is 0.768. The van der Waals surface area contributed by atoms with E-state index in [0.29, 0.717) is 18.7 Å². The van der Waals surface area contributed by atoms with Crippen LogP contribution in [0.4, 0.5) is 0 Å². The standard InChI is InChI=1S/C19H24N2O4S/c1-4-20-26(23,24)18-8-6-7-16(13-18)19(22)21(3)14-15-9-11-17(12-10-15)25-5-2/h6-13,20H,4-5,14H2,1-3H3. The highest BCUT2D eigenvalue weighted by atomic mass is 32.2. The average molecular weight is 376 g/mol. The third-order valence-corrected chi connectivity index (χ3v) is 5.27. The molecule has 0 aliphatic heterocycles. The van der Waals surface area contributed by atoms with Gasteiger partial charge in [0.15, 0.2) is 0 Å². The Balaban J connectivity index is 2.13. The zero-order valence-electron chi connectivity index (χ0n) is 15.2. The van der Waals surface area contributed by atoms with Gasteiger partial charge in [0, 0.05) is 25.7 Å². The Hall–Kier alpha value is -2.38. The molecule has 0 bridgehead atoms. The Bertz CT molecular complexity index is 848. The molecule has 0 aromatic heterocycles. The third-order valence-electron chi connectivity index (χ3n) is 3.73. The van der Waals surface area contributed by atoms with Crippen molar-refractivity contribution >= 4 is 15.9 Å². The number of carbonyl (C=O) groups is 1. The Labute approximate surface area is 154 Å². The molecule has 0 heterocycles. The summed E-state index contributed by atoms with van der Waals surface area (Å²) in [5.41, 5.74) is 1.29. The monoisotopic (exact) mass is 376 g/mol. The summed E-state index contributed by atoms with van der Waals surface area (Å²) in [6.45, 7) is 4.93. The van der Waals surface area contributed by atoms with Crippen LogP contribution in [0, 0.1) is 0 Å². The first-order valence-corrected chi connectivity index (χ1v) is 9.92. The molecule has 1 N–H and O–H groups in total. The second kappa shape index (κ2) is 8.82. The number of nitrogens with one attached hydrogen (secondary N) is 1. The predicted molar refractivity (Wildman–Crippen MR) is 101 cm³/mol. The molecule has 0 aliphatic rings. The van der Waals surface area contributed by atoms with E-state index in [1.54, 1.807) is 31.0 Å². The molecule has 7 heteroatoms. The largest absolute Gasteiger partial charge is 0.494 e. The third kappa shape index (κ3) is 5.06. The molecule has 0 radical (unpaired) electrons. The number of nitrogens with zero attached hydrogens (tertiary/aromatic N) is 1. The van der Waals surface area contributed by atoms with Crippen LogP contribution in [0.1, 0.15) is 29.8 Å². The van der Waals surface area contributed by atoms with Gasteiger partial charge < -0.3 is 9.64 Å². The molecule has 1 amide bonds. The van der Waals surface area contributed by atoms with E-state index in [-0.39, 0.29) is 17.3 Å². The van der Waals surface area contributed by atoms with Crippen LogP contribution in [0.25, 0.3) is 0 Å². The van der Waals surface area contributed by atoms with Gasteiger partial charge in [-0.2, -0.15) is 0 Å². The summed E-state index contributed by atoms with van der Waals surface area (Å²) in [4.78, 5) is 14.3. The summed E-state index contributed by atoms with van der Waals surface area (Å²) in [7, 11) is -1.91. The van der Waals surface area contributed by atoms with Crippen LogP contribution < -0.4 is 9.46 Å². The lowest BCUT2D eigenvalue weighted by atomic mass is 10.1. The van der Waals surface area contributed by atoms with Crippen LogP contribution in [0.15, 0.2) is 53.4 Å². The molecule has 0 unspecified atom stereocenters. The maximum absolute atomic E-state index is 12.6. The Morgan fingerprint density at radius 2 is 1.81 bits per heavy atom. The van der Waals surface area contributed by atoms with Crippen molar-refractivity contribution < 1.29 is 17.9 Å². The number of benzene rings is 2. The van der Waals surface area contributed by atoms with E-state index >= 15 is 0 Å². The highest BCUT2D eigenvalue weighted by Crippen LogP contribution is 2.16. The fraction of sp³-hybridized carbons (Fsp3) is 0.316. The normalized spacial score (nSPS) is 11.2. The van der Waals surface area contributed by atoms with Crippen molar-refractivity contribution in [2.24, 2.45) is 0 Å². The van der Waals surface area contributed by atoms with E-state index in [1.807, 2.05) is 31.2 Å². The number of sulfonamides is 1. The van der Waals surface area contributed by atoms with Crippen molar-refractivity contribution in [3.63, 3.8) is 0 Å². The molecule has 2 rings (SSSR count). The van der Waals surface area contributed by atoms with E-state index in [9.17, 15) is 13.2 Å². The van der Waals surface area contributed by atoms with Crippen molar-refractivity contribution in [1.82, 2.24) is 9.62 Å². The molecule has 0 atom stereocenters. The van der Waals surface area contributed by atoms with Gasteiger partial charge >= 0.3 is 0 Å². The van der Waals surface area contributed by atoms with Gasteiger partial charge in [-0.05, 0) is 42.8 Å². The van der Waals surface area contributed by atoms with E-state index in [4.69, 9.17) is 4.74 Å². The van der Waals surface area contributed by atoms with E-state index < -0.39 is 10.0 Å². The van der Waals surface area contributed by atoms with E-state index in [0.717, 1.165) is 11.3 Å². The number of amides is 1. The van der Waals surface area contributed by atoms with Gasteiger partial charge in [-0.15, -0.1) is 0 Å². The second-order valence-electron chi connectivity index (χ2n) is 5.77. The lowest BCUT2D eigenvalue weighted by Crippen LogP contribution is -2.27. The van der Waals surface area contributed by atoms with Crippen LogP contribution in [-0.4, -0.2) is 39.4 Å². The van der Waals surface area contributed by atoms with Crippen LogP contribution in [0.3, 0.4) is 0 Å². The maximum Gasteiger partial charge on any atom is 0.253 e. The Kier molecular flexibility index (Phi) is 6.76. The molecule has 26 heavy (non-hydrogen) atoms. The van der Waals surface area contributed by atoms with E-state index in [2.05, 4.69) is 4.72 Å². The first-order valence-electron chi connectivity index (χ1n) is 8.44. The summed E-state index contributed by atoms with van der Waals surface area (Å²) in [5.74, 6) is 0.541. The predicted octanol–water partition coefficient (Wildman–Crippen LogP) is 2.66. The summed E-state index contributed by atoms with van der Waals surface area (Å²) < 4.78 is 32.0. The molecule has 0 aliphatic carbocycles. The Morgan fingerprint density at radius 3 is 2.42 bits per heavy atom. The van der Waals surface area contributed by atoms with Gasteiger partial charge in [0.05, 0.1) is 11.5 Å². The number of carbonyl (C=O) groups excluding carboxylic acids is 1. The summed E-state index contributed by atoms with van der Waals surface area (Å²) in [5, 5.41) is 0. The molecule has 2 aromatic rings. The molecule has 0 saturated carbocycles. The first-order chi connectivity index (χ1) is 12.4. The van der Waals surface area contributed by atoms with Gasteiger partial charge in [-0.1, -0.05) is 25.1 Å². The molecule has 0 spiro atoms. The zero-order valence-corrected chi connectivity index (χ0v) is 16.0. The number of rotatable bonds is 8. The molecule has 0 fully saturated rings. The molecule has 0 saturated heterocycles. The van der Waals surface area contributed by atoms with Gasteiger partial charge in [0.1, 0.15) is 5.75 Å². The molecule has 6 nitrogen and oxygen atoms in total. The second-order valence-corrected chi connectivity index (χ2v) is 7.53. The number of ether oxygens (including phenoxy) is 1.